The van der Waals surface area contributed by atoms with E-state index in [1.807, 2.05) is 31.2 Å². The molecule has 0 spiro atoms. The molecule has 0 amide bonds. The van der Waals surface area contributed by atoms with Gasteiger partial charge in [0.15, 0.2) is 5.78 Å². The molecule has 4 heteroatoms. The van der Waals surface area contributed by atoms with Gasteiger partial charge in [-0.3, -0.25) is 4.79 Å². The second-order valence-corrected chi connectivity index (χ2v) is 7.57. The minimum absolute atomic E-state index is 0.0367. The van der Waals surface area contributed by atoms with Crippen molar-refractivity contribution >= 4 is 23.0 Å². The molecule has 4 rings (SSSR count). The van der Waals surface area contributed by atoms with E-state index in [1.54, 1.807) is 12.1 Å². The number of aliphatic hydroxyl groups is 1. The standard InChI is InChI=1S/C22H18ClNO2/c1-12-2-3-14(13-6-7-19(23)17(8-13)11-24)10-18(12)20-21(25)15-4-5-16(9-15)22(20)26/h2-3,6-8,10,15-16,25H,4-5,9H2,1H3/t15-,16+/m0/s1. The van der Waals surface area contributed by atoms with Crippen LogP contribution in [0.3, 0.4) is 0 Å². The van der Waals surface area contributed by atoms with Gasteiger partial charge in [0.1, 0.15) is 11.8 Å². The number of Topliss-reactive ketones (excluding diaryl/α,β-unsaturated/α-hetero) is 1. The van der Waals surface area contributed by atoms with Crippen LogP contribution < -0.4 is 0 Å². The number of aryl methyl sites for hydroxylation is 1. The average molecular weight is 364 g/mol. The summed E-state index contributed by atoms with van der Waals surface area (Å²) in [5, 5.41) is 20.3. The maximum absolute atomic E-state index is 12.9. The molecule has 0 radical (unpaired) electrons. The number of carbonyl (C=O) groups is 1. The third-order valence-electron chi connectivity index (χ3n) is 5.62. The van der Waals surface area contributed by atoms with Crippen molar-refractivity contribution < 1.29 is 9.90 Å². The highest BCUT2D eigenvalue weighted by Gasteiger charge is 2.41. The Kier molecular flexibility index (Phi) is 4.09. The first-order valence-corrected chi connectivity index (χ1v) is 9.15. The van der Waals surface area contributed by atoms with E-state index >= 15 is 0 Å². The molecule has 2 atom stereocenters. The van der Waals surface area contributed by atoms with Gasteiger partial charge in [-0.05, 0) is 66.6 Å². The van der Waals surface area contributed by atoms with Crippen LogP contribution >= 0.6 is 11.6 Å². The molecule has 0 saturated heterocycles. The fraction of sp³-hybridized carbons (Fsp3) is 0.273. The van der Waals surface area contributed by atoms with Gasteiger partial charge in [0.25, 0.3) is 0 Å². The molecule has 2 bridgehead atoms. The summed E-state index contributed by atoms with van der Waals surface area (Å²) in [7, 11) is 0. The lowest BCUT2D eigenvalue weighted by Gasteiger charge is -2.23. The number of hydrogen-bond acceptors (Lipinski definition) is 3. The zero-order chi connectivity index (χ0) is 18.4. The highest BCUT2D eigenvalue weighted by Crippen LogP contribution is 2.46. The zero-order valence-corrected chi connectivity index (χ0v) is 15.2. The number of aliphatic hydroxyl groups excluding tert-OH is 1. The van der Waals surface area contributed by atoms with Crippen molar-refractivity contribution in [2.24, 2.45) is 11.8 Å². The predicted molar refractivity (Wildman–Crippen MR) is 102 cm³/mol. The Labute approximate surface area is 157 Å². The van der Waals surface area contributed by atoms with Crippen LogP contribution in [0.5, 0.6) is 0 Å². The molecule has 2 aromatic carbocycles. The molecule has 130 valence electrons. The fourth-order valence-corrected chi connectivity index (χ4v) is 4.29. The second kappa shape index (κ2) is 6.30. The van der Waals surface area contributed by atoms with Crippen molar-refractivity contribution in [1.29, 1.82) is 5.26 Å². The van der Waals surface area contributed by atoms with Crippen LogP contribution in [0.4, 0.5) is 0 Å². The Bertz CT molecular complexity index is 1000. The maximum atomic E-state index is 12.9. The van der Waals surface area contributed by atoms with Crippen LogP contribution in [0.25, 0.3) is 16.7 Å². The lowest BCUT2D eigenvalue weighted by molar-refractivity contribution is -0.117. The van der Waals surface area contributed by atoms with Crippen LogP contribution in [0.2, 0.25) is 5.02 Å². The normalized spacial score (nSPS) is 21.8. The number of nitrogens with zero attached hydrogens (tertiary/aromatic N) is 1. The van der Waals surface area contributed by atoms with E-state index in [2.05, 4.69) is 6.07 Å². The predicted octanol–water partition coefficient (Wildman–Crippen LogP) is 5.46. The number of halogens is 1. The van der Waals surface area contributed by atoms with Crippen molar-refractivity contribution in [1.82, 2.24) is 0 Å². The SMILES string of the molecule is Cc1ccc(-c2ccc(Cl)c(C#N)c2)cc1C1=C(O)[C@H]2CC[C@H](C2)C1=O. The van der Waals surface area contributed by atoms with E-state index < -0.39 is 0 Å². The van der Waals surface area contributed by atoms with E-state index in [0.717, 1.165) is 41.5 Å². The first-order chi connectivity index (χ1) is 12.5. The maximum Gasteiger partial charge on any atom is 0.169 e. The van der Waals surface area contributed by atoms with Crippen molar-refractivity contribution in [3.05, 3.63) is 63.9 Å². The lowest BCUT2D eigenvalue weighted by Crippen LogP contribution is -2.21. The molecule has 1 N–H and O–H groups in total. The Balaban J connectivity index is 1.85. The summed E-state index contributed by atoms with van der Waals surface area (Å²) in [6.07, 6.45) is 2.52. The molecular weight excluding hydrogens is 346 g/mol. The molecule has 3 nitrogen and oxygen atoms in total. The Morgan fingerprint density at radius 1 is 1.12 bits per heavy atom. The van der Waals surface area contributed by atoms with E-state index in [1.165, 1.54) is 0 Å². The van der Waals surface area contributed by atoms with E-state index in [4.69, 9.17) is 11.6 Å². The first-order valence-electron chi connectivity index (χ1n) is 8.78. The van der Waals surface area contributed by atoms with E-state index in [0.29, 0.717) is 16.2 Å². The summed E-state index contributed by atoms with van der Waals surface area (Å²) in [5.74, 6) is 0.453. The van der Waals surface area contributed by atoms with Gasteiger partial charge in [0, 0.05) is 11.8 Å². The summed E-state index contributed by atoms with van der Waals surface area (Å²) < 4.78 is 0. The summed E-state index contributed by atoms with van der Waals surface area (Å²) >= 11 is 6.03. The highest BCUT2D eigenvalue weighted by molar-refractivity contribution is 6.31. The van der Waals surface area contributed by atoms with Gasteiger partial charge in [-0.15, -0.1) is 0 Å². The molecule has 0 unspecified atom stereocenters. The monoisotopic (exact) mass is 363 g/mol. The third kappa shape index (κ3) is 2.62. The second-order valence-electron chi connectivity index (χ2n) is 7.17. The number of benzene rings is 2. The molecule has 2 aromatic rings. The van der Waals surface area contributed by atoms with E-state index in [-0.39, 0.29) is 23.4 Å². The number of nitriles is 1. The summed E-state index contributed by atoms with van der Waals surface area (Å²) in [4.78, 5) is 12.9. The van der Waals surface area contributed by atoms with E-state index in [9.17, 15) is 15.2 Å². The molecule has 1 fully saturated rings. The zero-order valence-electron chi connectivity index (χ0n) is 14.4. The molecule has 0 heterocycles. The van der Waals surface area contributed by atoms with Gasteiger partial charge in [0.05, 0.1) is 16.2 Å². The molecular formula is C22H18ClNO2. The third-order valence-corrected chi connectivity index (χ3v) is 5.95. The van der Waals surface area contributed by atoms with Crippen LogP contribution in [0, 0.1) is 30.1 Å². The molecule has 26 heavy (non-hydrogen) atoms. The summed E-state index contributed by atoms with van der Waals surface area (Å²) in [6.45, 7) is 1.95. The number of carbonyl (C=O) groups excluding carboxylic acids is 1. The van der Waals surface area contributed by atoms with Crippen molar-refractivity contribution in [3.8, 4) is 17.2 Å². The van der Waals surface area contributed by atoms with Gasteiger partial charge in [0.2, 0.25) is 0 Å². The Morgan fingerprint density at radius 2 is 1.81 bits per heavy atom. The van der Waals surface area contributed by atoms with Crippen molar-refractivity contribution in [2.45, 2.75) is 26.2 Å². The Morgan fingerprint density at radius 3 is 2.58 bits per heavy atom. The van der Waals surface area contributed by atoms with Crippen LogP contribution in [0.1, 0.15) is 36.0 Å². The largest absolute Gasteiger partial charge is 0.511 e. The first kappa shape index (κ1) is 16.9. The summed E-state index contributed by atoms with van der Waals surface area (Å²) in [6, 6.07) is 13.3. The van der Waals surface area contributed by atoms with Crippen LogP contribution in [0.15, 0.2) is 42.2 Å². The van der Waals surface area contributed by atoms with Crippen molar-refractivity contribution in [3.63, 3.8) is 0 Å². The Hall–Kier alpha value is -2.57. The number of rotatable bonds is 2. The van der Waals surface area contributed by atoms with Crippen LogP contribution in [-0.4, -0.2) is 10.9 Å². The number of ketones is 1. The summed E-state index contributed by atoms with van der Waals surface area (Å²) in [5.41, 5.74) is 4.40. The van der Waals surface area contributed by atoms with Gasteiger partial charge < -0.3 is 5.11 Å². The lowest BCUT2D eigenvalue weighted by atomic mass is 9.81. The van der Waals surface area contributed by atoms with Crippen molar-refractivity contribution in [2.75, 3.05) is 0 Å². The average Bonchev–Trinajstić information content (AvgIpc) is 3.09. The topological polar surface area (TPSA) is 61.1 Å². The van der Waals surface area contributed by atoms with Crippen LogP contribution in [-0.2, 0) is 4.79 Å². The number of fused-ring (bicyclic) bond motifs is 2. The minimum atomic E-state index is 0.0367. The fourth-order valence-electron chi connectivity index (χ4n) is 4.13. The molecule has 1 saturated carbocycles. The molecule has 2 aliphatic carbocycles. The number of hydrogen-bond donors (Lipinski definition) is 1. The highest BCUT2D eigenvalue weighted by atomic mass is 35.5. The molecule has 0 aromatic heterocycles. The van der Waals surface area contributed by atoms with Gasteiger partial charge >= 0.3 is 0 Å². The number of allylic oxidation sites excluding steroid dienone is 2. The van der Waals surface area contributed by atoms with Gasteiger partial charge in [-0.1, -0.05) is 29.8 Å². The van der Waals surface area contributed by atoms with Gasteiger partial charge in [-0.2, -0.15) is 5.26 Å². The van der Waals surface area contributed by atoms with Gasteiger partial charge in [-0.25, -0.2) is 0 Å². The smallest absolute Gasteiger partial charge is 0.169 e. The molecule has 0 aliphatic heterocycles. The minimum Gasteiger partial charge on any atom is -0.511 e. The molecule has 2 aliphatic rings. The quantitative estimate of drug-likeness (QED) is 0.771.